The molecule has 6 nitrogen and oxygen atoms in total. The highest BCUT2D eigenvalue weighted by Gasteiger charge is 2.09. The molecule has 86 valence electrons. The summed E-state index contributed by atoms with van der Waals surface area (Å²) in [5.41, 5.74) is 6.58. The molecule has 0 unspecified atom stereocenters. The van der Waals surface area contributed by atoms with Gasteiger partial charge in [-0.1, -0.05) is 33.9 Å². The number of benzene rings is 1. The maximum absolute atomic E-state index is 11.8. The fourth-order valence-electron chi connectivity index (χ4n) is 1.16. The Kier molecular flexibility index (Phi) is 3.35. The van der Waals surface area contributed by atoms with Crippen molar-refractivity contribution in [1.29, 1.82) is 0 Å². The van der Waals surface area contributed by atoms with Crippen LogP contribution in [0.25, 0.3) is 0 Å². The van der Waals surface area contributed by atoms with Crippen LogP contribution in [0, 0.1) is 0 Å². The molecule has 0 radical (unpaired) electrons. The molecule has 1 heterocycles. The lowest BCUT2D eigenvalue weighted by molar-refractivity contribution is 0.102. The molecule has 8 heteroatoms. The number of hydrogen-bond acceptors (Lipinski definition) is 6. The molecule has 0 aliphatic carbocycles. The molecule has 0 aliphatic rings. The van der Waals surface area contributed by atoms with Crippen LogP contribution in [0.15, 0.2) is 24.3 Å². The standard InChI is InChI=1S/C9H7N5OS2/c10-7(16)5-2-1-3-6(4-5)8(15)11-9-12-13-14-17-9/h1-4H,(H2,10,16)(H,11,12,14,15). The Morgan fingerprint density at radius 1 is 1.41 bits per heavy atom. The fraction of sp³-hybridized carbons (Fsp3) is 0. The zero-order chi connectivity index (χ0) is 12.3. The summed E-state index contributed by atoms with van der Waals surface area (Å²) in [7, 11) is 0. The molecule has 0 fully saturated rings. The van der Waals surface area contributed by atoms with Crippen LogP contribution in [0.4, 0.5) is 5.13 Å². The van der Waals surface area contributed by atoms with Crippen LogP contribution < -0.4 is 11.1 Å². The predicted molar refractivity (Wildman–Crippen MR) is 68.0 cm³/mol. The monoisotopic (exact) mass is 265 g/mol. The Balaban J connectivity index is 2.19. The van der Waals surface area contributed by atoms with Gasteiger partial charge in [0.1, 0.15) is 4.99 Å². The van der Waals surface area contributed by atoms with E-state index in [0.29, 0.717) is 16.3 Å². The minimum atomic E-state index is -0.304. The van der Waals surface area contributed by atoms with Gasteiger partial charge in [-0.3, -0.25) is 10.1 Å². The molecule has 0 saturated carbocycles. The Morgan fingerprint density at radius 3 is 2.82 bits per heavy atom. The normalized spacial score (nSPS) is 9.88. The summed E-state index contributed by atoms with van der Waals surface area (Å²) in [6.07, 6.45) is 0. The van der Waals surface area contributed by atoms with Gasteiger partial charge in [0, 0.05) is 22.7 Å². The Hall–Kier alpha value is -1.93. The van der Waals surface area contributed by atoms with Crippen LogP contribution >= 0.6 is 23.8 Å². The molecule has 17 heavy (non-hydrogen) atoms. The number of carbonyl (C=O) groups is 1. The van der Waals surface area contributed by atoms with Crippen molar-refractivity contribution in [2.45, 2.75) is 0 Å². The summed E-state index contributed by atoms with van der Waals surface area (Å²) in [4.78, 5) is 12.1. The number of anilines is 1. The number of nitrogens with zero attached hydrogens (tertiary/aromatic N) is 3. The SMILES string of the molecule is NC(=S)c1cccc(C(=O)Nc2nnns2)c1. The van der Waals surface area contributed by atoms with Gasteiger partial charge in [0.05, 0.1) is 0 Å². The zero-order valence-corrected chi connectivity index (χ0v) is 10.1. The smallest absolute Gasteiger partial charge is 0.257 e. The van der Waals surface area contributed by atoms with Crippen LogP contribution in [0.5, 0.6) is 0 Å². The quantitative estimate of drug-likeness (QED) is 0.798. The first-order chi connectivity index (χ1) is 8.16. The second-order valence-corrected chi connectivity index (χ2v) is 4.24. The van der Waals surface area contributed by atoms with Crippen molar-refractivity contribution in [1.82, 2.24) is 14.8 Å². The van der Waals surface area contributed by atoms with E-state index in [0.717, 1.165) is 11.5 Å². The van der Waals surface area contributed by atoms with Gasteiger partial charge in [0.25, 0.3) is 5.91 Å². The van der Waals surface area contributed by atoms with E-state index >= 15 is 0 Å². The topological polar surface area (TPSA) is 93.8 Å². The van der Waals surface area contributed by atoms with Crippen molar-refractivity contribution in [2.24, 2.45) is 5.73 Å². The first-order valence-electron chi connectivity index (χ1n) is 4.53. The van der Waals surface area contributed by atoms with Gasteiger partial charge in [-0.15, -0.1) is 0 Å². The third-order valence-corrected chi connectivity index (χ3v) is 2.68. The van der Waals surface area contributed by atoms with Crippen molar-refractivity contribution in [3.05, 3.63) is 35.4 Å². The summed E-state index contributed by atoms with van der Waals surface area (Å²) in [6, 6.07) is 6.73. The van der Waals surface area contributed by atoms with Gasteiger partial charge in [0.2, 0.25) is 5.13 Å². The van der Waals surface area contributed by atoms with Crippen molar-refractivity contribution >= 4 is 39.8 Å². The van der Waals surface area contributed by atoms with Gasteiger partial charge in [-0.2, -0.15) is 0 Å². The highest BCUT2D eigenvalue weighted by atomic mass is 32.1. The van der Waals surface area contributed by atoms with Gasteiger partial charge in [-0.05, 0) is 17.3 Å². The lowest BCUT2D eigenvalue weighted by Crippen LogP contribution is -2.14. The van der Waals surface area contributed by atoms with Crippen LogP contribution in [-0.2, 0) is 0 Å². The van der Waals surface area contributed by atoms with Gasteiger partial charge >= 0.3 is 0 Å². The summed E-state index contributed by atoms with van der Waals surface area (Å²) >= 11 is 5.84. The zero-order valence-electron chi connectivity index (χ0n) is 8.45. The molecule has 1 amide bonds. The second kappa shape index (κ2) is 4.93. The molecule has 0 saturated heterocycles. The second-order valence-electron chi connectivity index (χ2n) is 3.07. The number of nitrogens with one attached hydrogen (secondary N) is 1. The number of hydrogen-bond donors (Lipinski definition) is 2. The van der Waals surface area contributed by atoms with Gasteiger partial charge in [-0.25, -0.2) is 0 Å². The number of rotatable bonds is 3. The largest absolute Gasteiger partial charge is 0.389 e. The van der Waals surface area contributed by atoms with Crippen LogP contribution in [-0.4, -0.2) is 25.7 Å². The van der Waals surface area contributed by atoms with Crippen molar-refractivity contribution in [3.63, 3.8) is 0 Å². The fourth-order valence-corrected chi connectivity index (χ4v) is 1.65. The van der Waals surface area contributed by atoms with E-state index in [1.165, 1.54) is 0 Å². The predicted octanol–water partition coefficient (Wildman–Crippen LogP) is 0.820. The average molecular weight is 265 g/mol. The Labute approximate surface area is 106 Å². The highest BCUT2D eigenvalue weighted by Crippen LogP contribution is 2.10. The van der Waals surface area contributed by atoms with E-state index in [2.05, 4.69) is 20.1 Å². The maximum atomic E-state index is 11.8. The molecule has 2 rings (SSSR count). The summed E-state index contributed by atoms with van der Waals surface area (Å²) < 4.78 is 3.54. The van der Waals surface area contributed by atoms with E-state index in [4.69, 9.17) is 18.0 Å². The number of thiocarbonyl (C=S) groups is 1. The average Bonchev–Trinajstić information content (AvgIpc) is 2.82. The molecule has 2 aromatic rings. The number of aromatic nitrogens is 3. The summed E-state index contributed by atoms with van der Waals surface area (Å²) in [6.45, 7) is 0. The number of amides is 1. The molecule has 0 bridgehead atoms. The third-order valence-electron chi connectivity index (χ3n) is 1.93. The van der Waals surface area contributed by atoms with Gasteiger partial charge in [0.15, 0.2) is 0 Å². The van der Waals surface area contributed by atoms with E-state index < -0.39 is 0 Å². The molecule has 0 aliphatic heterocycles. The van der Waals surface area contributed by atoms with Crippen LogP contribution in [0.3, 0.4) is 0 Å². The lowest BCUT2D eigenvalue weighted by atomic mass is 10.1. The summed E-state index contributed by atoms with van der Waals surface area (Å²) in [5, 5.41) is 9.90. The molecule has 0 atom stereocenters. The Bertz CT molecular complexity index is 554. The molecule has 1 aromatic heterocycles. The van der Waals surface area contributed by atoms with Crippen LogP contribution in [0.1, 0.15) is 15.9 Å². The minimum absolute atomic E-state index is 0.247. The number of carbonyl (C=O) groups excluding carboxylic acids is 1. The number of nitrogens with two attached hydrogens (primary N) is 1. The lowest BCUT2D eigenvalue weighted by Gasteiger charge is -2.03. The molecular weight excluding hydrogens is 258 g/mol. The van der Waals surface area contributed by atoms with Crippen molar-refractivity contribution in [3.8, 4) is 0 Å². The van der Waals surface area contributed by atoms with Gasteiger partial charge < -0.3 is 5.73 Å². The molecular formula is C9H7N5OS2. The van der Waals surface area contributed by atoms with Crippen molar-refractivity contribution < 1.29 is 4.79 Å². The van der Waals surface area contributed by atoms with E-state index in [1.807, 2.05) is 0 Å². The Morgan fingerprint density at radius 2 is 2.18 bits per heavy atom. The highest BCUT2D eigenvalue weighted by molar-refractivity contribution is 7.80. The van der Waals surface area contributed by atoms with E-state index in [9.17, 15) is 4.79 Å². The third kappa shape index (κ3) is 2.80. The van der Waals surface area contributed by atoms with Crippen LogP contribution in [0.2, 0.25) is 0 Å². The summed E-state index contributed by atoms with van der Waals surface area (Å²) in [5.74, 6) is -0.304. The molecule has 1 aromatic carbocycles. The maximum Gasteiger partial charge on any atom is 0.257 e. The molecule has 3 N–H and O–H groups in total. The minimum Gasteiger partial charge on any atom is -0.389 e. The van der Waals surface area contributed by atoms with E-state index in [1.54, 1.807) is 24.3 Å². The van der Waals surface area contributed by atoms with E-state index in [-0.39, 0.29) is 10.9 Å². The van der Waals surface area contributed by atoms with Crippen molar-refractivity contribution in [2.75, 3.05) is 5.32 Å². The first-order valence-corrected chi connectivity index (χ1v) is 5.71. The molecule has 0 spiro atoms. The first kappa shape index (κ1) is 11.6.